The van der Waals surface area contributed by atoms with Crippen molar-refractivity contribution in [2.24, 2.45) is 5.14 Å². The molecule has 0 spiro atoms. The number of primary sulfonamides is 1. The minimum atomic E-state index is -3.79. The van der Waals surface area contributed by atoms with Gasteiger partial charge >= 0.3 is 0 Å². The third kappa shape index (κ3) is 5.01. The fourth-order valence-corrected chi connectivity index (χ4v) is 2.61. The molecular formula is C18H17N3O3S. The van der Waals surface area contributed by atoms with Crippen LogP contribution in [0.2, 0.25) is 0 Å². The summed E-state index contributed by atoms with van der Waals surface area (Å²) in [7, 11) is -3.79. The molecular weight excluding hydrogens is 338 g/mol. The first-order chi connectivity index (χ1) is 11.8. The first-order valence-electron chi connectivity index (χ1n) is 7.48. The largest absolute Gasteiger partial charge is 0.321 e. The molecule has 128 valence electrons. The molecule has 2 rings (SSSR count). The van der Waals surface area contributed by atoms with Crippen LogP contribution < -0.4 is 10.5 Å². The van der Waals surface area contributed by atoms with Crippen molar-refractivity contribution in [3.05, 3.63) is 65.2 Å². The Morgan fingerprint density at radius 1 is 1.16 bits per heavy atom. The van der Waals surface area contributed by atoms with E-state index in [4.69, 9.17) is 5.14 Å². The number of anilines is 1. The van der Waals surface area contributed by atoms with E-state index in [-0.39, 0.29) is 10.5 Å². The molecule has 0 saturated heterocycles. The molecule has 6 nitrogen and oxygen atoms in total. The SMILES string of the molecule is CCc1ccc(/C=C(\C#N)C(=O)Nc2ccc(S(N)(=O)=O)cc2)cc1. The third-order valence-corrected chi connectivity index (χ3v) is 4.43. The third-order valence-electron chi connectivity index (χ3n) is 3.50. The van der Waals surface area contributed by atoms with Gasteiger partial charge in [-0.2, -0.15) is 5.26 Å². The molecule has 0 fully saturated rings. The van der Waals surface area contributed by atoms with E-state index in [1.165, 1.54) is 30.3 Å². The predicted octanol–water partition coefficient (Wildman–Crippen LogP) is 2.44. The molecule has 0 bridgehead atoms. The second-order valence-electron chi connectivity index (χ2n) is 5.29. The number of hydrogen-bond donors (Lipinski definition) is 2. The van der Waals surface area contributed by atoms with Crippen LogP contribution >= 0.6 is 0 Å². The molecule has 3 N–H and O–H groups in total. The Balaban J connectivity index is 2.16. The van der Waals surface area contributed by atoms with Crippen LogP contribution in [0.3, 0.4) is 0 Å². The summed E-state index contributed by atoms with van der Waals surface area (Å²) in [6.45, 7) is 2.04. The number of carbonyl (C=O) groups is 1. The van der Waals surface area contributed by atoms with Crippen molar-refractivity contribution in [3.63, 3.8) is 0 Å². The Kier molecular flexibility index (Phi) is 5.70. The molecule has 0 saturated carbocycles. The highest BCUT2D eigenvalue weighted by atomic mass is 32.2. The van der Waals surface area contributed by atoms with Gasteiger partial charge in [-0.25, -0.2) is 13.6 Å². The van der Waals surface area contributed by atoms with Crippen molar-refractivity contribution < 1.29 is 13.2 Å². The summed E-state index contributed by atoms with van der Waals surface area (Å²) >= 11 is 0. The average Bonchev–Trinajstić information content (AvgIpc) is 2.59. The Bertz CT molecular complexity index is 939. The topological polar surface area (TPSA) is 113 Å². The van der Waals surface area contributed by atoms with Gasteiger partial charge in [0, 0.05) is 5.69 Å². The number of sulfonamides is 1. The number of nitrogens with one attached hydrogen (secondary N) is 1. The smallest absolute Gasteiger partial charge is 0.266 e. The fourth-order valence-electron chi connectivity index (χ4n) is 2.09. The Labute approximate surface area is 146 Å². The Morgan fingerprint density at radius 3 is 2.24 bits per heavy atom. The van der Waals surface area contributed by atoms with E-state index in [0.717, 1.165) is 17.5 Å². The molecule has 0 aromatic heterocycles. The van der Waals surface area contributed by atoms with E-state index in [0.29, 0.717) is 5.69 Å². The summed E-state index contributed by atoms with van der Waals surface area (Å²) in [5.41, 5.74) is 2.21. The number of nitrogens with zero attached hydrogens (tertiary/aromatic N) is 1. The van der Waals surface area contributed by atoms with Gasteiger partial charge in [0.05, 0.1) is 4.90 Å². The number of nitrogens with two attached hydrogens (primary N) is 1. The van der Waals surface area contributed by atoms with E-state index >= 15 is 0 Å². The van der Waals surface area contributed by atoms with Crippen LogP contribution in [0.15, 0.2) is 59.0 Å². The van der Waals surface area contributed by atoms with E-state index in [1.807, 2.05) is 37.3 Å². The van der Waals surface area contributed by atoms with Crippen LogP contribution in [-0.4, -0.2) is 14.3 Å². The van der Waals surface area contributed by atoms with Gasteiger partial charge in [-0.15, -0.1) is 0 Å². The average molecular weight is 355 g/mol. The van der Waals surface area contributed by atoms with E-state index in [9.17, 15) is 18.5 Å². The molecule has 2 aromatic rings. The first kappa shape index (κ1) is 18.4. The van der Waals surface area contributed by atoms with Gasteiger partial charge in [-0.05, 0) is 47.9 Å². The highest BCUT2D eigenvalue weighted by Crippen LogP contribution is 2.15. The molecule has 25 heavy (non-hydrogen) atoms. The van der Waals surface area contributed by atoms with Crippen LogP contribution in [0, 0.1) is 11.3 Å². The zero-order chi connectivity index (χ0) is 18.4. The van der Waals surface area contributed by atoms with Crippen molar-refractivity contribution in [1.82, 2.24) is 0 Å². The van der Waals surface area contributed by atoms with Crippen LogP contribution in [0.5, 0.6) is 0 Å². The number of hydrogen-bond acceptors (Lipinski definition) is 4. The standard InChI is InChI=1S/C18H17N3O3S/c1-2-13-3-5-14(6-4-13)11-15(12-19)18(22)21-16-7-9-17(10-8-16)25(20,23)24/h3-11H,2H2,1H3,(H,21,22)(H2,20,23,24)/b15-11+. The molecule has 0 unspecified atom stereocenters. The summed E-state index contributed by atoms with van der Waals surface area (Å²) < 4.78 is 22.4. The van der Waals surface area contributed by atoms with Crippen molar-refractivity contribution in [2.45, 2.75) is 18.2 Å². The van der Waals surface area contributed by atoms with Gasteiger partial charge in [0.2, 0.25) is 10.0 Å². The van der Waals surface area contributed by atoms with Gasteiger partial charge in [0.1, 0.15) is 11.6 Å². The quantitative estimate of drug-likeness (QED) is 0.633. The second kappa shape index (κ2) is 7.75. The van der Waals surface area contributed by atoms with Crippen LogP contribution in [0.4, 0.5) is 5.69 Å². The van der Waals surface area contributed by atoms with Crippen LogP contribution in [-0.2, 0) is 21.2 Å². The maximum Gasteiger partial charge on any atom is 0.266 e. The van der Waals surface area contributed by atoms with Crippen LogP contribution in [0.1, 0.15) is 18.1 Å². The number of carbonyl (C=O) groups excluding carboxylic acids is 1. The highest BCUT2D eigenvalue weighted by molar-refractivity contribution is 7.89. The highest BCUT2D eigenvalue weighted by Gasteiger charge is 2.11. The summed E-state index contributed by atoms with van der Waals surface area (Å²) in [5, 5.41) is 16.8. The van der Waals surface area contributed by atoms with Gasteiger partial charge in [0.15, 0.2) is 0 Å². The predicted molar refractivity (Wildman–Crippen MR) is 95.9 cm³/mol. The van der Waals surface area contributed by atoms with Gasteiger partial charge in [0.25, 0.3) is 5.91 Å². The van der Waals surface area contributed by atoms with E-state index in [2.05, 4.69) is 5.32 Å². The minimum Gasteiger partial charge on any atom is -0.321 e. The lowest BCUT2D eigenvalue weighted by atomic mass is 10.1. The normalized spacial score (nSPS) is 11.6. The maximum atomic E-state index is 12.2. The lowest BCUT2D eigenvalue weighted by Gasteiger charge is -2.05. The first-order valence-corrected chi connectivity index (χ1v) is 9.03. The molecule has 7 heteroatoms. The molecule has 0 aliphatic rings. The van der Waals surface area contributed by atoms with Crippen molar-refractivity contribution >= 4 is 27.7 Å². The number of rotatable bonds is 5. The van der Waals surface area contributed by atoms with Crippen molar-refractivity contribution in [1.29, 1.82) is 5.26 Å². The number of benzene rings is 2. The molecule has 1 amide bonds. The molecule has 0 radical (unpaired) electrons. The zero-order valence-electron chi connectivity index (χ0n) is 13.6. The second-order valence-corrected chi connectivity index (χ2v) is 6.85. The van der Waals surface area contributed by atoms with Gasteiger partial charge in [-0.3, -0.25) is 4.79 Å². The van der Waals surface area contributed by atoms with E-state index in [1.54, 1.807) is 0 Å². The van der Waals surface area contributed by atoms with Crippen molar-refractivity contribution in [3.8, 4) is 6.07 Å². The van der Waals surface area contributed by atoms with Gasteiger partial charge in [-0.1, -0.05) is 31.2 Å². The Morgan fingerprint density at radius 2 is 1.76 bits per heavy atom. The molecule has 0 aliphatic carbocycles. The monoisotopic (exact) mass is 355 g/mol. The number of amides is 1. The maximum absolute atomic E-state index is 12.2. The number of aryl methyl sites for hydroxylation is 1. The van der Waals surface area contributed by atoms with E-state index < -0.39 is 15.9 Å². The van der Waals surface area contributed by atoms with Gasteiger partial charge < -0.3 is 5.32 Å². The summed E-state index contributed by atoms with van der Waals surface area (Å²) in [4.78, 5) is 12.2. The fraction of sp³-hybridized carbons (Fsp3) is 0.111. The lowest BCUT2D eigenvalue weighted by Crippen LogP contribution is -2.14. The van der Waals surface area contributed by atoms with Crippen molar-refractivity contribution in [2.75, 3.05) is 5.32 Å². The molecule has 0 aliphatic heterocycles. The lowest BCUT2D eigenvalue weighted by molar-refractivity contribution is -0.112. The van der Waals surface area contributed by atoms with Crippen LogP contribution in [0.25, 0.3) is 6.08 Å². The molecule has 2 aromatic carbocycles. The minimum absolute atomic E-state index is 0.0558. The summed E-state index contributed by atoms with van der Waals surface area (Å²) in [5.74, 6) is -0.578. The summed E-state index contributed by atoms with van der Waals surface area (Å²) in [6, 6.07) is 14.8. The zero-order valence-corrected chi connectivity index (χ0v) is 14.4. The number of nitriles is 1. The Hall–Kier alpha value is -2.95. The molecule has 0 atom stereocenters. The molecule has 0 heterocycles. The summed E-state index contributed by atoms with van der Waals surface area (Å²) in [6.07, 6.45) is 2.40.